The van der Waals surface area contributed by atoms with Gasteiger partial charge in [0.25, 0.3) is 0 Å². The number of hydrogen-bond acceptors (Lipinski definition) is 1. The van der Waals surface area contributed by atoms with Gasteiger partial charge >= 0.3 is 0 Å². The lowest BCUT2D eigenvalue weighted by molar-refractivity contribution is 0.503. The summed E-state index contributed by atoms with van der Waals surface area (Å²) in [6.07, 6.45) is 22.0. The topological polar surface area (TPSA) is 26.0 Å². The molecular formula is C18H35N. The highest BCUT2D eigenvalue weighted by Gasteiger charge is 2.00. The van der Waals surface area contributed by atoms with E-state index in [2.05, 4.69) is 19.6 Å². The van der Waals surface area contributed by atoms with Gasteiger partial charge in [-0.3, -0.25) is 0 Å². The zero-order chi connectivity index (χ0) is 14.2. The number of nitrogens with two attached hydrogens (primary N) is 1. The lowest BCUT2D eigenvalue weighted by Crippen LogP contribution is -2.18. The number of unbranched alkanes of at least 4 members (excludes halogenated alkanes) is 8. The highest BCUT2D eigenvalue weighted by molar-refractivity contribution is 4.96. The molecule has 0 aromatic carbocycles. The second-order valence-corrected chi connectivity index (χ2v) is 5.62. The van der Waals surface area contributed by atoms with E-state index in [0.717, 1.165) is 0 Å². The van der Waals surface area contributed by atoms with Crippen molar-refractivity contribution in [3.8, 4) is 0 Å². The third-order valence-electron chi connectivity index (χ3n) is 3.63. The Morgan fingerprint density at radius 1 is 0.895 bits per heavy atom. The molecule has 0 saturated carbocycles. The minimum Gasteiger partial charge on any atom is -0.328 e. The normalized spacial score (nSPS) is 12.9. The van der Waals surface area contributed by atoms with Crippen molar-refractivity contribution < 1.29 is 0 Å². The summed E-state index contributed by atoms with van der Waals surface area (Å²) in [5.41, 5.74) is 6.00. The molecule has 1 nitrogen and oxygen atoms in total. The number of rotatable bonds is 14. The fourth-order valence-corrected chi connectivity index (χ4v) is 2.44. The first-order valence-electron chi connectivity index (χ1n) is 8.34. The van der Waals surface area contributed by atoms with E-state index < -0.39 is 0 Å². The van der Waals surface area contributed by atoms with Gasteiger partial charge in [-0.05, 0) is 25.7 Å². The molecule has 0 aliphatic carbocycles. The summed E-state index contributed by atoms with van der Waals surface area (Å²) in [4.78, 5) is 0. The summed E-state index contributed by atoms with van der Waals surface area (Å²) in [6, 6.07) is 0.452. The SMILES string of the molecule is C=C/C=C/CCCCCCCCCCC(N)CCC. The minimum absolute atomic E-state index is 0.452. The molecule has 0 aromatic heterocycles. The van der Waals surface area contributed by atoms with E-state index in [4.69, 9.17) is 5.73 Å². The van der Waals surface area contributed by atoms with Gasteiger partial charge in [0.2, 0.25) is 0 Å². The van der Waals surface area contributed by atoms with E-state index >= 15 is 0 Å². The standard InChI is InChI=1S/C18H35N/c1-3-5-6-7-8-9-10-11-12-13-14-15-17-18(19)16-4-2/h3,5-6,18H,1,4,7-17,19H2,2H3/b6-5+. The van der Waals surface area contributed by atoms with Gasteiger partial charge in [-0.25, -0.2) is 0 Å². The Morgan fingerprint density at radius 2 is 1.47 bits per heavy atom. The molecule has 0 saturated heterocycles. The first-order chi connectivity index (χ1) is 9.31. The average Bonchev–Trinajstić information content (AvgIpc) is 2.40. The van der Waals surface area contributed by atoms with Gasteiger partial charge in [-0.2, -0.15) is 0 Å². The molecule has 0 bridgehead atoms. The molecule has 0 heterocycles. The maximum absolute atomic E-state index is 6.00. The zero-order valence-electron chi connectivity index (χ0n) is 13.1. The highest BCUT2D eigenvalue weighted by Crippen LogP contribution is 2.12. The fourth-order valence-electron chi connectivity index (χ4n) is 2.44. The Morgan fingerprint density at radius 3 is 2.05 bits per heavy atom. The molecule has 0 rings (SSSR count). The van der Waals surface area contributed by atoms with Crippen molar-refractivity contribution in [3.63, 3.8) is 0 Å². The van der Waals surface area contributed by atoms with E-state index in [1.807, 2.05) is 12.2 Å². The van der Waals surface area contributed by atoms with E-state index in [1.165, 1.54) is 77.0 Å². The van der Waals surface area contributed by atoms with Gasteiger partial charge in [0.15, 0.2) is 0 Å². The second-order valence-electron chi connectivity index (χ2n) is 5.62. The smallest absolute Gasteiger partial charge is 0.00387 e. The first-order valence-corrected chi connectivity index (χ1v) is 8.34. The van der Waals surface area contributed by atoms with Crippen LogP contribution in [-0.4, -0.2) is 6.04 Å². The molecule has 1 atom stereocenters. The van der Waals surface area contributed by atoms with Gasteiger partial charge in [0.1, 0.15) is 0 Å². The van der Waals surface area contributed by atoms with Crippen molar-refractivity contribution in [1.82, 2.24) is 0 Å². The van der Waals surface area contributed by atoms with Crippen LogP contribution in [0, 0.1) is 0 Å². The number of hydrogen-bond donors (Lipinski definition) is 1. The Balaban J connectivity index is 3.06. The molecule has 0 amide bonds. The van der Waals surface area contributed by atoms with Crippen LogP contribution >= 0.6 is 0 Å². The van der Waals surface area contributed by atoms with E-state index in [1.54, 1.807) is 0 Å². The van der Waals surface area contributed by atoms with Gasteiger partial charge in [0, 0.05) is 6.04 Å². The summed E-state index contributed by atoms with van der Waals surface area (Å²) in [6.45, 7) is 5.89. The first kappa shape index (κ1) is 18.4. The van der Waals surface area contributed by atoms with E-state index in [9.17, 15) is 0 Å². The van der Waals surface area contributed by atoms with Crippen LogP contribution in [0.15, 0.2) is 24.8 Å². The molecule has 1 heteroatoms. The fraction of sp³-hybridized carbons (Fsp3) is 0.778. The van der Waals surface area contributed by atoms with Crippen LogP contribution in [0.1, 0.15) is 84.0 Å². The zero-order valence-corrected chi connectivity index (χ0v) is 13.1. The Kier molecular flexibility index (Phi) is 15.0. The van der Waals surface area contributed by atoms with Crippen LogP contribution in [-0.2, 0) is 0 Å². The predicted octanol–water partition coefficient (Wildman–Crippen LogP) is 5.76. The van der Waals surface area contributed by atoms with Gasteiger partial charge in [0.05, 0.1) is 0 Å². The lowest BCUT2D eigenvalue weighted by atomic mass is 10.0. The average molecular weight is 265 g/mol. The largest absolute Gasteiger partial charge is 0.328 e. The molecule has 19 heavy (non-hydrogen) atoms. The molecule has 0 spiro atoms. The monoisotopic (exact) mass is 265 g/mol. The van der Waals surface area contributed by atoms with E-state index in [0.29, 0.717) is 6.04 Å². The van der Waals surface area contributed by atoms with Gasteiger partial charge in [-0.1, -0.05) is 83.1 Å². The Bertz CT molecular complexity index is 208. The van der Waals surface area contributed by atoms with Crippen LogP contribution < -0.4 is 5.73 Å². The van der Waals surface area contributed by atoms with Crippen molar-refractivity contribution in [2.75, 3.05) is 0 Å². The van der Waals surface area contributed by atoms with Crippen molar-refractivity contribution in [2.24, 2.45) is 5.73 Å². The van der Waals surface area contributed by atoms with Crippen LogP contribution in [0.2, 0.25) is 0 Å². The van der Waals surface area contributed by atoms with Crippen LogP contribution in [0.3, 0.4) is 0 Å². The predicted molar refractivity (Wildman–Crippen MR) is 88.4 cm³/mol. The van der Waals surface area contributed by atoms with Crippen LogP contribution in [0.25, 0.3) is 0 Å². The van der Waals surface area contributed by atoms with Crippen molar-refractivity contribution in [3.05, 3.63) is 24.8 Å². The van der Waals surface area contributed by atoms with Gasteiger partial charge in [-0.15, -0.1) is 0 Å². The second kappa shape index (κ2) is 15.5. The highest BCUT2D eigenvalue weighted by atomic mass is 14.6. The minimum atomic E-state index is 0.452. The molecule has 2 N–H and O–H groups in total. The van der Waals surface area contributed by atoms with Crippen LogP contribution in [0.4, 0.5) is 0 Å². The quantitative estimate of drug-likeness (QED) is 0.314. The number of allylic oxidation sites excluding steroid dienone is 3. The van der Waals surface area contributed by atoms with Gasteiger partial charge < -0.3 is 5.73 Å². The maximum Gasteiger partial charge on any atom is 0.00387 e. The van der Waals surface area contributed by atoms with Crippen LogP contribution in [0.5, 0.6) is 0 Å². The molecule has 0 fully saturated rings. The molecule has 0 aromatic rings. The maximum atomic E-state index is 6.00. The Labute approximate surface area is 121 Å². The summed E-state index contributed by atoms with van der Waals surface area (Å²) in [7, 11) is 0. The summed E-state index contributed by atoms with van der Waals surface area (Å²) < 4.78 is 0. The Hall–Kier alpha value is -0.560. The molecule has 0 aliphatic rings. The van der Waals surface area contributed by atoms with Crippen molar-refractivity contribution >= 4 is 0 Å². The lowest BCUT2D eigenvalue weighted by Gasteiger charge is -2.09. The molecule has 0 radical (unpaired) electrons. The summed E-state index contributed by atoms with van der Waals surface area (Å²) >= 11 is 0. The molecular weight excluding hydrogens is 230 g/mol. The van der Waals surface area contributed by atoms with Crippen molar-refractivity contribution in [1.29, 1.82) is 0 Å². The summed E-state index contributed by atoms with van der Waals surface area (Å²) in [5.74, 6) is 0. The third kappa shape index (κ3) is 15.4. The van der Waals surface area contributed by atoms with E-state index in [-0.39, 0.29) is 0 Å². The summed E-state index contributed by atoms with van der Waals surface area (Å²) in [5, 5.41) is 0. The molecule has 1 unspecified atom stereocenters. The van der Waals surface area contributed by atoms with Crippen molar-refractivity contribution in [2.45, 2.75) is 90.0 Å². The molecule has 0 aliphatic heterocycles. The molecule has 112 valence electrons. The third-order valence-corrected chi connectivity index (χ3v) is 3.63.